The Morgan fingerprint density at radius 1 is 1.42 bits per heavy atom. The lowest BCUT2D eigenvalue weighted by atomic mass is 10.7. The van der Waals surface area contributed by atoms with Crippen molar-refractivity contribution in [3.8, 4) is 0 Å². The molecule has 0 radical (unpaired) electrons. The SMILES string of the molecule is CS(=O)(=O)N1CCN(C=O)C1=O. The first-order valence-corrected chi connectivity index (χ1v) is 5.05. The Morgan fingerprint density at radius 2 is 2.00 bits per heavy atom. The first-order chi connectivity index (χ1) is 5.46. The summed E-state index contributed by atoms with van der Waals surface area (Å²) in [6, 6.07) is -0.771. The van der Waals surface area contributed by atoms with Crippen LogP contribution < -0.4 is 0 Å². The highest BCUT2D eigenvalue weighted by Gasteiger charge is 2.34. The highest BCUT2D eigenvalue weighted by Crippen LogP contribution is 2.09. The summed E-state index contributed by atoms with van der Waals surface area (Å²) in [5.74, 6) is 0. The lowest BCUT2D eigenvalue weighted by Crippen LogP contribution is -2.34. The van der Waals surface area contributed by atoms with Crippen molar-refractivity contribution in [3.05, 3.63) is 0 Å². The summed E-state index contributed by atoms with van der Waals surface area (Å²) in [5, 5.41) is 0. The average Bonchev–Trinajstić information content (AvgIpc) is 2.29. The number of imide groups is 1. The molecule has 1 aliphatic heterocycles. The van der Waals surface area contributed by atoms with Gasteiger partial charge in [-0.2, -0.15) is 0 Å². The molecule has 1 rings (SSSR count). The van der Waals surface area contributed by atoms with Gasteiger partial charge in [-0.25, -0.2) is 17.5 Å². The largest absolute Gasteiger partial charge is 0.340 e. The third kappa shape index (κ3) is 1.40. The number of hydrogen-bond acceptors (Lipinski definition) is 4. The molecule has 7 heteroatoms. The van der Waals surface area contributed by atoms with Gasteiger partial charge in [-0.1, -0.05) is 0 Å². The minimum atomic E-state index is -3.51. The maximum Gasteiger partial charge on any atom is 0.340 e. The molecule has 0 aliphatic carbocycles. The maximum atomic E-state index is 11.0. The van der Waals surface area contributed by atoms with E-state index in [2.05, 4.69) is 0 Å². The molecule has 0 bridgehead atoms. The second-order valence-corrected chi connectivity index (χ2v) is 4.32. The smallest absolute Gasteiger partial charge is 0.278 e. The number of carbonyl (C=O) groups excluding carboxylic acids is 2. The summed E-state index contributed by atoms with van der Waals surface area (Å²) < 4.78 is 22.4. The zero-order valence-electron chi connectivity index (χ0n) is 6.43. The van der Waals surface area contributed by atoms with Crippen molar-refractivity contribution in [1.29, 1.82) is 0 Å². The molecule has 0 aromatic heterocycles. The van der Waals surface area contributed by atoms with Crippen LogP contribution in [-0.4, -0.2) is 49.4 Å². The van der Waals surface area contributed by atoms with E-state index in [1.165, 1.54) is 0 Å². The molecule has 1 fully saturated rings. The lowest BCUT2D eigenvalue weighted by Gasteiger charge is -2.11. The Bertz CT molecular complexity index is 309. The maximum absolute atomic E-state index is 11.0. The van der Waals surface area contributed by atoms with Gasteiger partial charge in [0.1, 0.15) is 0 Å². The molecular weight excluding hydrogens is 184 g/mol. The number of rotatable bonds is 2. The molecule has 0 saturated carbocycles. The van der Waals surface area contributed by atoms with E-state index in [0.717, 1.165) is 11.2 Å². The molecule has 0 spiro atoms. The predicted octanol–water partition coefficient (Wildman–Crippen LogP) is -1.16. The molecule has 1 saturated heterocycles. The zero-order valence-corrected chi connectivity index (χ0v) is 7.24. The summed E-state index contributed by atoms with van der Waals surface area (Å²) in [7, 11) is -3.51. The quantitative estimate of drug-likeness (QED) is 0.517. The Labute approximate surface area is 69.8 Å². The van der Waals surface area contributed by atoms with Crippen molar-refractivity contribution in [2.45, 2.75) is 0 Å². The van der Waals surface area contributed by atoms with Crippen LogP contribution >= 0.6 is 0 Å². The van der Waals surface area contributed by atoms with Gasteiger partial charge in [0.15, 0.2) is 0 Å². The Morgan fingerprint density at radius 3 is 2.25 bits per heavy atom. The fourth-order valence-corrected chi connectivity index (χ4v) is 1.74. The molecule has 3 amide bonds. The number of amides is 3. The minimum Gasteiger partial charge on any atom is -0.278 e. The van der Waals surface area contributed by atoms with Crippen LogP contribution in [0.2, 0.25) is 0 Å². The van der Waals surface area contributed by atoms with Gasteiger partial charge in [-0.05, 0) is 0 Å². The topological polar surface area (TPSA) is 74.8 Å². The number of carbonyl (C=O) groups is 2. The minimum absolute atomic E-state index is 0.0520. The van der Waals surface area contributed by atoms with E-state index in [-0.39, 0.29) is 13.1 Å². The molecule has 0 aromatic carbocycles. The van der Waals surface area contributed by atoms with Gasteiger partial charge in [0.25, 0.3) is 0 Å². The highest BCUT2D eigenvalue weighted by atomic mass is 32.2. The van der Waals surface area contributed by atoms with E-state index in [1.54, 1.807) is 0 Å². The first kappa shape index (κ1) is 8.98. The van der Waals surface area contributed by atoms with E-state index in [9.17, 15) is 18.0 Å². The standard InChI is InChI=1S/C5H8N2O4S/c1-12(10,11)7-3-2-6(4-8)5(7)9/h4H,2-3H2,1H3. The van der Waals surface area contributed by atoms with Gasteiger partial charge in [0, 0.05) is 6.54 Å². The molecular formula is C5H8N2O4S. The van der Waals surface area contributed by atoms with Crippen molar-refractivity contribution >= 4 is 22.5 Å². The lowest BCUT2D eigenvalue weighted by molar-refractivity contribution is -0.115. The summed E-state index contributed by atoms with van der Waals surface area (Å²) in [4.78, 5) is 22.0. The van der Waals surface area contributed by atoms with E-state index >= 15 is 0 Å². The first-order valence-electron chi connectivity index (χ1n) is 3.20. The second kappa shape index (κ2) is 2.74. The average molecular weight is 192 g/mol. The normalized spacial score (nSPS) is 18.6. The zero-order chi connectivity index (χ0) is 9.35. The number of nitrogens with zero attached hydrogens (tertiary/aromatic N) is 2. The van der Waals surface area contributed by atoms with Crippen LogP contribution in [0.5, 0.6) is 0 Å². The highest BCUT2D eigenvalue weighted by molar-refractivity contribution is 7.88. The van der Waals surface area contributed by atoms with Crippen LogP contribution in [0.1, 0.15) is 0 Å². The van der Waals surface area contributed by atoms with Crippen molar-refractivity contribution in [3.63, 3.8) is 0 Å². The van der Waals surface area contributed by atoms with Gasteiger partial charge in [-0.15, -0.1) is 0 Å². The second-order valence-electron chi connectivity index (χ2n) is 2.42. The fourth-order valence-electron chi connectivity index (χ4n) is 0.939. The van der Waals surface area contributed by atoms with Crippen LogP contribution in [0.15, 0.2) is 0 Å². The van der Waals surface area contributed by atoms with Crippen molar-refractivity contribution < 1.29 is 18.0 Å². The Balaban J connectivity index is 2.88. The molecule has 0 N–H and O–H groups in total. The molecule has 1 aliphatic rings. The van der Waals surface area contributed by atoms with Gasteiger partial charge in [0.2, 0.25) is 16.4 Å². The summed E-state index contributed by atoms with van der Waals surface area (Å²) >= 11 is 0. The Hall–Kier alpha value is -1.11. The van der Waals surface area contributed by atoms with Crippen LogP contribution in [0.25, 0.3) is 0 Å². The van der Waals surface area contributed by atoms with E-state index in [4.69, 9.17) is 0 Å². The number of hydrogen-bond donors (Lipinski definition) is 0. The van der Waals surface area contributed by atoms with E-state index in [1.807, 2.05) is 0 Å². The van der Waals surface area contributed by atoms with Crippen LogP contribution in [0, 0.1) is 0 Å². The number of urea groups is 1. The van der Waals surface area contributed by atoms with Gasteiger partial charge in [-0.3, -0.25) is 9.69 Å². The molecule has 6 nitrogen and oxygen atoms in total. The summed E-state index contributed by atoms with van der Waals surface area (Å²) in [5.41, 5.74) is 0. The third-order valence-electron chi connectivity index (χ3n) is 1.53. The summed E-state index contributed by atoms with van der Waals surface area (Å²) in [6.45, 7) is 0.186. The van der Waals surface area contributed by atoms with E-state index in [0.29, 0.717) is 10.7 Å². The van der Waals surface area contributed by atoms with Crippen LogP contribution in [0.4, 0.5) is 4.79 Å². The van der Waals surface area contributed by atoms with Crippen LogP contribution in [-0.2, 0) is 14.8 Å². The molecule has 1 heterocycles. The molecule has 0 atom stereocenters. The van der Waals surface area contributed by atoms with Crippen molar-refractivity contribution in [2.24, 2.45) is 0 Å². The van der Waals surface area contributed by atoms with Gasteiger partial charge < -0.3 is 0 Å². The van der Waals surface area contributed by atoms with Crippen LogP contribution in [0.3, 0.4) is 0 Å². The fraction of sp³-hybridized carbons (Fsp3) is 0.600. The van der Waals surface area contributed by atoms with Crippen molar-refractivity contribution in [1.82, 2.24) is 9.21 Å². The van der Waals surface area contributed by atoms with E-state index < -0.39 is 16.1 Å². The van der Waals surface area contributed by atoms with Gasteiger partial charge in [0.05, 0.1) is 12.8 Å². The monoisotopic (exact) mass is 192 g/mol. The summed E-state index contributed by atoms with van der Waals surface area (Å²) in [6.07, 6.45) is 1.26. The molecule has 68 valence electrons. The van der Waals surface area contributed by atoms with Crippen molar-refractivity contribution in [2.75, 3.05) is 19.3 Å². The van der Waals surface area contributed by atoms with Gasteiger partial charge >= 0.3 is 6.03 Å². The molecule has 12 heavy (non-hydrogen) atoms. The third-order valence-corrected chi connectivity index (χ3v) is 2.67. The molecule has 0 unspecified atom stereocenters. The molecule has 0 aromatic rings. The Kier molecular flexibility index (Phi) is 2.05. The predicted molar refractivity (Wildman–Crippen MR) is 39.7 cm³/mol. The number of sulfonamides is 1.